The molecule has 1 fully saturated rings. The highest BCUT2D eigenvalue weighted by atomic mass is 35.5. The molecule has 22 heavy (non-hydrogen) atoms. The van der Waals surface area contributed by atoms with E-state index in [2.05, 4.69) is 5.32 Å². The number of hydrogen-bond donors (Lipinski definition) is 2. The molecule has 1 saturated heterocycles. The standard InChI is InChI=1S/C16H21ClN2O3/c1-15(2,3)16(9-4-10-19(16)14(21)22)13(20)18-12-7-5-11(17)6-8-12/h5-8H,4,9-10H2,1-3H3,(H,18,20)(H,21,22). The summed E-state index contributed by atoms with van der Waals surface area (Å²) >= 11 is 5.84. The Kier molecular flexibility index (Phi) is 4.38. The molecule has 0 aliphatic carbocycles. The Morgan fingerprint density at radius 1 is 1.27 bits per heavy atom. The number of halogens is 1. The molecule has 1 atom stereocenters. The number of likely N-dealkylation sites (tertiary alicyclic amines) is 1. The van der Waals surface area contributed by atoms with Crippen LogP contribution in [0.5, 0.6) is 0 Å². The number of nitrogens with one attached hydrogen (secondary N) is 1. The molecular formula is C16H21ClN2O3. The summed E-state index contributed by atoms with van der Waals surface area (Å²) in [6, 6.07) is 6.78. The zero-order chi connectivity index (χ0) is 16.5. The number of rotatable bonds is 2. The quantitative estimate of drug-likeness (QED) is 0.868. The fourth-order valence-electron chi connectivity index (χ4n) is 3.20. The molecule has 1 heterocycles. The molecule has 1 unspecified atom stereocenters. The minimum atomic E-state index is -1.07. The second kappa shape index (κ2) is 5.80. The van der Waals surface area contributed by atoms with E-state index in [9.17, 15) is 14.7 Å². The van der Waals surface area contributed by atoms with Gasteiger partial charge in [0.15, 0.2) is 0 Å². The van der Waals surface area contributed by atoms with E-state index in [1.54, 1.807) is 24.3 Å². The van der Waals surface area contributed by atoms with Gasteiger partial charge in [-0.1, -0.05) is 32.4 Å². The number of carboxylic acid groups (broad SMARTS) is 1. The lowest BCUT2D eigenvalue weighted by Crippen LogP contribution is -2.62. The largest absolute Gasteiger partial charge is 0.465 e. The maximum Gasteiger partial charge on any atom is 0.408 e. The molecule has 1 aromatic rings. The summed E-state index contributed by atoms with van der Waals surface area (Å²) in [5, 5.41) is 12.9. The van der Waals surface area contributed by atoms with Gasteiger partial charge in [-0.2, -0.15) is 0 Å². The number of hydrogen-bond acceptors (Lipinski definition) is 2. The monoisotopic (exact) mass is 324 g/mol. The first-order chi connectivity index (χ1) is 10.2. The van der Waals surface area contributed by atoms with Crippen LogP contribution >= 0.6 is 11.6 Å². The van der Waals surface area contributed by atoms with Gasteiger partial charge in [0.1, 0.15) is 5.54 Å². The molecule has 5 nitrogen and oxygen atoms in total. The van der Waals surface area contributed by atoms with E-state index in [0.717, 1.165) is 0 Å². The maximum absolute atomic E-state index is 12.9. The number of amides is 2. The molecule has 0 bridgehead atoms. The van der Waals surface area contributed by atoms with Crippen LogP contribution in [0.3, 0.4) is 0 Å². The van der Waals surface area contributed by atoms with Crippen molar-refractivity contribution in [1.29, 1.82) is 0 Å². The predicted molar refractivity (Wildman–Crippen MR) is 86.2 cm³/mol. The third-order valence-corrected chi connectivity index (χ3v) is 4.58. The summed E-state index contributed by atoms with van der Waals surface area (Å²) in [6.07, 6.45) is 0.137. The number of carbonyl (C=O) groups is 2. The Bertz CT molecular complexity index is 580. The minimum Gasteiger partial charge on any atom is -0.465 e. The van der Waals surface area contributed by atoms with E-state index in [1.807, 2.05) is 20.8 Å². The fourth-order valence-corrected chi connectivity index (χ4v) is 3.33. The number of nitrogens with zero attached hydrogens (tertiary/aromatic N) is 1. The molecule has 0 saturated carbocycles. The van der Waals surface area contributed by atoms with Crippen molar-refractivity contribution in [3.05, 3.63) is 29.3 Å². The smallest absolute Gasteiger partial charge is 0.408 e. The minimum absolute atomic E-state index is 0.290. The summed E-state index contributed by atoms with van der Waals surface area (Å²) in [6.45, 7) is 6.07. The predicted octanol–water partition coefficient (Wildman–Crippen LogP) is 3.84. The van der Waals surface area contributed by atoms with E-state index >= 15 is 0 Å². The van der Waals surface area contributed by atoms with Crippen molar-refractivity contribution in [2.45, 2.75) is 39.2 Å². The Morgan fingerprint density at radius 2 is 1.86 bits per heavy atom. The van der Waals surface area contributed by atoms with Gasteiger partial charge >= 0.3 is 6.09 Å². The SMILES string of the molecule is CC(C)(C)C1(C(=O)Nc2ccc(Cl)cc2)CCCN1C(=O)O. The van der Waals surface area contributed by atoms with Gasteiger partial charge in [0.25, 0.3) is 5.91 Å². The Hall–Kier alpha value is -1.75. The van der Waals surface area contributed by atoms with Crippen LogP contribution in [0.1, 0.15) is 33.6 Å². The van der Waals surface area contributed by atoms with Crippen molar-refractivity contribution in [1.82, 2.24) is 4.90 Å². The maximum atomic E-state index is 12.9. The van der Waals surface area contributed by atoms with Crippen molar-refractivity contribution in [3.63, 3.8) is 0 Å². The van der Waals surface area contributed by atoms with Crippen molar-refractivity contribution in [2.24, 2.45) is 5.41 Å². The highest BCUT2D eigenvalue weighted by Crippen LogP contribution is 2.44. The normalized spacial score (nSPS) is 21.7. The molecule has 1 aliphatic heterocycles. The average Bonchev–Trinajstić information content (AvgIpc) is 2.87. The summed E-state index contributed by atoms with van der Waals surface area (Å²) in [7, 11) is 0. The zero-order valence-electron chi connectivity index (χ0n) is 13.0. The van der Waals surface area contributed by atoms with Crippen LogP contribution < -0.4 is 5.32 Å². The lowest BCUT2D eigenvalue weighted by molar-refractivity contribution is -0.131. The lowest BCUT2D eigenvalue weighted by Gasteiger charge is -2.45. The average molecular weight is 325 g/mol. The van der Waals surface area contributed by atoms with E-state index in [-0.39, 0.29) is 5.91 Å². The molecular weight excluding hydrogens is 304 g/mol. The first-order valence-electron chi connectivity index (χ1n) is 7.26. The van der Waals surface area contributed by atoms with Crippen molar-refractivity contribution in [3.8, 4) is 0 Å². The number of anilines is 1. The summed E-state index contributed by atoms with van der Waals surface area (Å²) in [5.74, 6) is -0.290. The number of benzene rings is 1. The van der Waals surface area contributed by atoms with Crippen molar-refractivity contribution in [2.75, 3.05) is 11.9 Å². The summed E-state index contributed by atoms with van der Waals surface area (Å²) < 4.78 is 0. The third kappa shape index (κ3) is 2.77. The molecule has 1 aliphatic rings. The molecule has 0 spiro atoms. The van der Waals surface area contributed by atoms with Crippen LogP contribution in [0, 0.1) is 5.41 Å². The molecule has 2 rings (SSSR count). The Labute approximate surface area is 135 Å². The second-order valence-electron chi connectivity index (χ2n) is 6.61. The first-order valence-corrected chi connectivity index (χ1v) is 7.64. The molecule has 6 heteroatoms. The van der Waals surface area contributed by atoms with Crippen molar-refractivity contribution >= 4 is 29.3 Å². The highest BCUT2D eigenvalue weighted by Gasteiger charge is 2.57. The molecule has 2 amide bonds. The van der Waals surface area contributed by atoms with Crippen molar-refractivity contribution < 1.29 is 14.7 Å². The highest BCUT2D eigenvalue weighted by molar-refractivity contribution is 6.30. The van der Waals surface area contributed by atoms with Crippen LogP contribution in [0.25, 0.3) is 0 Å². The first kappa shape index (κ1) is 16.6. The van der Waals surface area contributed by atoms with Crippen LogP contribution in [0.2, 0.25) is 5.02 Å². The van der Waals surface area contributed by atoms with Gasteiger partial charge < -0.3 is 10.4 Å². The topological polar surface area (TPSA) is 69.6 Å². The van der Waals surface area contributed by atoms with Gasteiger partial charge in [-0.3, -0.25) is 9.69 Å². The second-order valence-corrected chi connectivity index (χ2v) is 7.05. The van der Waals surface area contributed by atoms with E-state index in [4.69, 9.17) is 11.6 Å². The van der Waals surface area contributed by atoms with Crippen LogP contribution in [0.15, 0.2) is 24.3 Å². The molecule has 120 valence electrons. The summed E-state index contributed by atoms with van der Waals surface area (Å²) in [5.41, 5.74) is -0.980. The molecule has 0 radical (unpaired) electrons. The van der Waals surface area contributed by atoms with Gasteiger partial charge in [-0.15, -0.1) is 0 Å². The van der Waals surface area contributed by atoms with E-state index < -0.39 is 17.0 Å². The lowest BCUT2D eigenvalue weighted by atomic mass is 9.71. The number of carbonyl (C=O) groups excluding carboxylic acids is 1. The van der Waals surface area contributed by atoms with Gasteiger partial charge in [-0.05, 0) is 42.5 Å². The Morgan fingerprint density at radius 3 is 2.36 bits per heavy atom. The summed E-state index contributed by atoms with van der Waals surface area (Å²) in [4.78, 5) is 25.8. The van der Waals surface area contributed by atoms with Crippen LogP contribution in [-0.2, 0) is 4.79 Å². The van der Waals surface area contributed by atoms with E-state index in [1.165, 1.54) is 4.90 Å². The van der Waals surface area contributed by atoms with Gasteiger partial charge in [0.2, 0.25) is 0 Å². The Balaban J connectivity index is 2.36. The molecule has 1 aromatic carbocycles. The van der Waals surface area contributed by atoms with Crippen LogP contribution in [0.4, 0.5) is 10.5 Å². The zero-order valence-corrected chi connectivity index (χ0v) is 13.8. The van der Waals surface area contributed by atoms with Gasteiger partial charge in [0, 0.05) is 17.3 Å². The van der Waals surface area contributed by atoms with Crippen LogP contribution in [-0.4, -0.2) is 34.1 Å². The molecule has 2 N–H and O–H groups in total. The fraction of sp³-hybridized carbons (Fsp3) is 0.500. The van der Waals surface area contributed by atoms with Gasteiger partial charge in [0.05, 0.1) is 0 Å². The molecule has 0 aromatic heterocycles. The third-order valence-electron chi connectivity index (χ3n) is 4.33. The van der Waals surface area contributed by atoms with Gasteiger partial charge in [-0.25, -0.2) is 4.79 Å². The van der Waals surface area contributed by atoms with E-state index in [0.29, 0.717) is 30.1 Å².